The highest BCUT2D eigenvalue weighted by atomic mass is 35.5. The van der Waals surface area contributed by atoms with Crippen LogP contribution in [0.1, 0.15) is 26.7 Å². The molecule has 0 aliphatic heterocycles. The second kappa shape index (κ2) is 9.92. The molecular weight excluding hydrogens is 313 g/mol. The van der Waals surface area contributed by atoms with Crippen LogP contribution in [0.15, 0.2) is 22.1 Å². The molecule has 0 saturated carbocycles. The van der Waals surface area contributed by atoms with Gasteiger partial charge in [-0.3, -0.25) is 4.79 Å². The molecule has 0 aromatic heterocycles. The molecule has 0 aromatic rings. The molecule has 1 rings (SSSR count). The minimum atomic E-state index is -0.125. The average molecular weight is 338 g/mol. The highest BCUT2D eigenvalue weighted by molar-refractivity contribution is 6.30. The van der Waals surface area contributed by atoms with Gasteiger partial charge in [0.25, 0.3) is 5.91 Å². The van der Waals surface area contributed by atoms with Crippen LogP contribution in [0.25, 0.3) is 0 Å². The van der Waals surface area contributed by atoms with Crippen molar-refractivity contribution in [3.63, 3.8) is 0 Å². The normalized spacial score (nSPS) is 15.1. The second-order valence-electron chi connectivity index (χ2n) is 4.67. The zero-order valence-electron chi connectivity index (χ0n) is 12.9. The molecule has 21 heavy (non-hydrogen) atoms. The zero-order valence-corrected chi connectivity index (χ0v) is 14.4. The highest BCUT2D eigenvalue weighted by Gasteiger charge is 2.23. The van der Waals surface area contributed by atoms with Crippen molar-refractivity contribution in [3.05, 3.63) is 22.1 Å². The molecule has 0 bridgehead atoms. The minimum Gasteiger partial charge on any atom is -0.500 e. The van der Waals surface area contributed by atoms with Gasteiger partial charge in [0, 0.05) is 36.7 Å². The van der Waals surface area contributed by atoms with Crippen molar-refractivity contribution in [2.75, 3.05) is 33.3 Å². The molecule has 1 aliphatic carbocycles. The lowest BCUT2D eigenvalue weighted by Crippen LogP contribution is -2.36. The van der Waals surface area contributed by atoms with E-state index < -0.39 is 0 Å². The predicted octanol–water partition coefficient (Wildman–Crippen LogP) is 1.97. The Bertz CT molecular complexity index is 418. The number of nitrogens with zero attached hydrogens (tertiary/aromatic N) is 1. The number of carbonyl (C=O) groups excluding carboxylic acids is 1. The number of allylic oxidation sites excluding steroid dienone is 1. The van der Waals surface area contributed by atoms with Crippen molar-refractivity contribution < 1.29 is 9.53 Å². The second-order valence-corrected chi connectivity index (χ2v) is 5.13. The number of ether oxygens (including phenoxy) is 1. The van der Waals surface area contributed by atoms with E-state index in [1.165, 1.54) is 0 Å². The molecule has 0 saturated heterocycles. The summed E-state index contributed by atoms with van der Waals surface area (Å²) in [5.41, 5.74) is 6.93. The van der Waals surface area contributed by atoms with Crippen molar-refractivity contribution in [2.24, 2.45) is 5.73 Å². The molecule has 0 aromatic carbocycles. The van der Waals surface area contributed by atoms with Crippen LogP contribution in [0.2, 0.25) is 0 Å². The summed E-state index contributed by atoms with van der Waals surface area (Å²) >= 11 is 6.03. The lowest BCUT2D eigenvalue weighted by atomic mass is 10.0. The van der Waals surface area contributed by atoms with Gasteiger partial charge >= 0.3 is 0 Å². The monoisotopic (exact) mass is 337 g/mol. The first-order valence-electron chi connectivity index (χ1n) is 6.92. The van der Waals surface area contributed by atoms with E-state index in [1.807, 2.05) is 0 Å². The van der Waals surface area contributed by atoms with Gasteiger partial charge in [-0.15, -0.1) is 12.4 Å². The molecule has 0 fully saturated rings. The summed E-state index contributed by atoms with van der Waals surface area (Å²) in [5, 5.41) is 3.44. The third-order valence-electron chi connectivity index (χ3n) is 3.50. The fraction of sp³-hybridized carbons (Fsp3) is 0.643. The summed E-state index contributed by atoms with van der Waals surface area (Å²) in [6.07, 6.45) is 0.738. The van der Waals surface area contributed by atoms with E-state index in [9.17, 15) is 4.79 Å². The number of halogens is 2. The molecule has 0 unspecified atom stereocenters. The number of hydrogen-bond acceptors (Lipinski definition) is 4. The number of nitrogens with one attached hydrogen (secondary N) is 1. The van der Waals surface area contributed by atoms with Crippen LogP contribution in [0.3, 0.4) is 0 Å². The Labute approximate surface area is 137 Å². The van der Waals surface area contributed by atoms with Gasteiger partial charge < -0.3 is 20.7 Å². The standard InChI is InChI=1S/C14H24ClN3O2.ClH/c1-4-18(5-2)7-6-17-14(19)10-8-11(15)12(16)9-13(10)20-3;/h4-9,16H2,1-3H3,(H,17,19);1H. The van der Waals surface area contributed by atoms with Gasteiger partial charge in [-0.05, 0) is 13.1 Å². The molecule has 3 N–H and O–H groups in total. The first kappa shape index (κ1) is 20.1. The zero-order chi connectivity index (χ0) is 15.1. The summed E-state index contributed by atoms with van der Waals surface area (Å²) in [4.78, 5) is 14.4. The molecule has 1 amide bonds. The van der Waals surface area contributed by atoms with Crippen LogP contribution >= 0.6 is 24.0 Å². The summed E-state index contributed by atoms with van der Waals surface area (Å²) in [7, 11) is 1.55. The maximum atomic E-state index is 12.2. The van der Waals surface area contributed by atoms with Crippen LogP contribution in [0, 0.1) is 0 Å². The van der Waals surface area contributed by atoms with Crippen molar-refractivity contribution in [3.8, 4) is 0 Å². The van der Waals surface area contributed by atoms with E-state index in [0.29, 0.717) is 41.4 Å². The van der Waals surface area contributed by atoms with Crippen molar-refractivity contribution in [2.45, 2.75) is 26.7 Å². The number of carbonyl (C=O) groups is 1. The molecule has 0 radical (unpaired) electrons. The summed E-state index contributed by atoms with van der Waals surface area (Å²) in [6.45, 7) is 7.60. The van der Waals surface area contributed by atoms with E-state index in [4.69, 9.17) is 22.1 Å². The van der Waals surface area contributed by atoms with Gasteiger partial charge in [-0.25, -0.2) is 0 Å². The summed E-state index contributed by atoms with van der Waals surface area (Å²) < 4.78 is 5.25. The Morgan fingerprint density at radius 2 is 2.00 bits per heavy atom. The molecule has 122 valence electrons. The maximum Gasteiger partial charge on any atom is 0.251 e. The maximum absolute atomic E-state index is 12.2. The summed E-state index contributed by atoms with van der Waals surface area (Å²) in [5.74, 6) is 0.479. The van der Waals surface area contributed by atoms with Gasteiger partial charge in [0.2, 0.25) is 0 Å². The lowest BCUT2D eigenvalue weighted by molar-refractivity contribution is -0.117. The summed E-state index contributed by atoms with van der Waals surface area (Å²) in [6, 6.07) is 0. The first-order valence-corrected chi connectivity index (χ1v) is 7.30. The SMILES string of the molecule is CCN(CC)CCNC(=O)C1=C(OC)CC(N)=C(Cl)C1.Cl. The van der Waals surface area contributed by atoms with Crippen LogP contribution in [-0.4, -0.2) is 44.1 Å². The van der Waals surface area contributed by atoms with E-state index in [-0.39, 0.29) is 18.3 Å². The molecule has 0 atom stereocenters. The fourth-order valence-electron chi connectivity index (χ4n) is 2.12. The number of methoxy groups -OCH3 is 1. The Morgan fingerprint density at radius 1 is 1.38 bits per heavy atom. The number of hydrogen-bond donors (Lipinski definition) is 2. The van der Waals surface area contributed by atoms with Crippen molar-refractivity contribution in [1.29, 1.82) is 0 Å². The molecular formula is C14H25Cl2N3O2. The Balaban J connectivity index is 0.00000400. The van der Waals surface area contributed by atoms with Gasteiger partial charge in [0.1, 0.15) is 5.76 Å². The highest BCUT2D eigenvalue weighted by Crippen LogP contribution is 2.30. The third-order valence-corrected chi connectivity index (χ3v) is 3.87. The molecule has 1 aliphatic rings. The number of rotatable bonds is 7. The van der Waals surface area contributed by atoms with Gasteiger partial charge in [0.05, 0.1) is 12.7 Å². The lowest BCUT2D eigenvalue weighted by Gasteiger charge is -2.21. The van der Waals surface area contributed by atoms with Gasteiger partial charge in [-0.1, -0.05) is 25.4 Å². The van der Waals surface area contributed by atoms with Crippen LogP contribution in [0.4, 0.5) is 0 Å². The minimum absolute atomic E-state index is 0. The first-order chi connectivity index (χ1) is 9.53. The number of likely N-dealkylation sites (N-methyl/N-ethyl adjacent to an activating group) is 1. The molecule has 0 spiro atoms. The van der Waals surface area contributed by atoms with Crippen molar-refractivity contribution in [1.82, 2.24) is 10.2 Å². The van der Waals surface area contributed by atoms with Crippen LogP contribution < -0.4 is 11.1 Å². The Hall–Kier alpha value is -0.910. The van der Waals surface area contributed by atoms with E-state index in [0.717, 1.165) is 19.6 Å². The Kier molecular flexibility index (Phi) is 9.49. The number of amides is 1. The quantitative estimate of drug-likeness (QED) is 0.745. The number of nitrogens with two attached hydrogens (primary N) is 1. The Morgan fingerprint density at radius 3 is 2.52 bits per heavy atom. The molecule has 0 heterocycles. The van der Waals surface area contributed by atoms with Gasteiger partial charge in [0.15, 0.2) is 0 Å². The smallest absolute Gasteiger partial charge is 0.251 e. The fourth-order valence-corrected chi connectivity index (χ4v) is 2.32. The largest absolute Gasteiger partial charge is 0.500 e. The third kappa shape index (κ3) is 5.77. The van der Waals surface area contributed by atoms with Crippen LogP contribution in [-0.2, 0) is 9.53 Å². The molecule has 7 heteroatoms. The van der Waals surface area contributed by atoms with E-state index in [2.05, 4.69) is 24.1 Å². The predicted molar refractivity (Wildman–Crippen MR) is 88.4 cm³/mol. The molecule has 5 nitrogen and oxygen atoms in total. The van der Waals surface area contributed by atoms with Crippen LogP contribution in [0.5, 0.6) is 0 Å². The van der Waals surface area contributed by atoms with E-state index >= 15 is 0 Å². The van der Waals surface area contributed by atoms with Gasteiger partial charge in [-0.2, -0.15) is 0 Å². The average Bonchev–Trinajstić information content (AvgIpc) is 2.45. The van der Waals surface area contributed by atoms with Crippen molar-refractivity contribution >= 4 is 29.9 Å². The van der Waals surface area contributed by atoms with E-state index in [1.54, 1.807) is 7.11 Å². The topological polar surface area (TPSA) is 67.6 Å².